The number of fused-ring (bicyclic) bond motifs is 5. The van der Waals surface area contributed by atoms with Gasteiger partial charge in [0.2, 0.25) is 0 Å². The Morgan fingerprint density at radius 3 is 2.30 bits per heavy atom. The molecule has 0 spiro atoms. The minimum Gasteiger partial charge on any atom is -0.144 e. The van der Waals surface area contributed by atoms with Crippen molar-refractivity contribution in [3.05, 3.63) is 46.7 Å². The highest BCUT2D eigenvalue weighted by Gasteiger charge is 2.09. The Kier molecular flexibility index (Phi) is 2.15. The molecule has 5 aromatic rings. The standard InChI is InChI=1S/C17H10S3/c1-9-4-11-6-13-12-5-10-2-3-18-14(10)7-16(12)20-17(13)8-15(11)19-9/h2-8H,1H3. The van der Waals surface area contributed by atoms with Crippen LogP contribution in [-0.2, 0) is 0 Å². The van der Waals surface area contributed by atoms with Gasteiger partial charge in [0.25, 0.3) is 0 Å². The highest BCUT2D eigenvalue weighted by Crippen LogP contribution is 2.40. The van der Waals surface area contributed by atoms with Crippen LogP contribution in [0.15, 0.2) is 41.8 Å². The lowest BCUT2D eigenvalue weighted by Gasteiger charge is -1.94. The van der Waals surface area contributed by atoms with E-state index in [1.165, 1.54) is 45.2 Å². The predicted octanol–water partition coefficient (Wildman–Crippen LogP) is 6.79. The third-order valence-electron chi connectivity index (χ3n) is 3.81. The van der Waals surface area contributed by atoms with Crippen molar-refractivity contribution in [2.24, 2.45) is 0 Å². The highest BCUT2D eigenvalue weighted by molar-refractivity contribution is 7.27. The van der Waals surface area contributed by atoms with E-state index in [0.717, 1.165) is 0 Å². The Balaban J connectivity index is 2.01. The van der Waals surface area contributed by atoms with E-state index in [1.807, 2.05) is 34.0 Å². The minimum absolute atomic E-state index is 1.36. The number of benzene rings is 2. The second-order valence-corrected chi connectivity index (χ2v) is 8.47. The molecule has 2 aromatic carbocycles. The van der Waals surface area contributed by atoms with Crippen molar-refractivity contribution in [3.8, 4) is 0 Å². The maximum absolute atomic E-state index is 2.37. The normalized spacial score (nSPS) is 12.2. The summed E-state index contributed by atoms with van der Waals surface area (Å²) in [7, 11) is 0. The molecule has 0 bridgehead atoms. The number of hydrogen-bond donors (Lipinski definition) is 0. The van der Waals surface area contributed by atoms with Crippen LogP contribution in [0.5, 0.6) is 0 Å². The summed E-state index contributed by atoms with van der Waals surface area (Å²) in [6.07, 6.45) is 0. The van der Waals surface area contributed by atoms with E-state index in [9.17, 15) is 0 Å². The van der Waals surface area contributed by atoms with Crippen LogP contribution in [0.2, 0.25) is 0 Å². The zero-order valence-corrected chi connectivity index (χ0v) is 13.2. The van der Waals surface area contributed by atoms with Gasteiger partial charge in [-0.05, 0) is 59.5 Å². The average molecular weight is 310 g/mol. The van der Waals surface area contributed by atoms with Gasteiger partial charge in [0, 0.05) is 34.4 Å². The zero-order chi connectivity index (χ0) is 13.3. The third-order valence-corrected chi connectivity index (χ3v) is 6.81. The molecule has 0 unspecified atom stereocenters. The monoisotopic (exact) mass is 310 g/mol. The summed E-state index contributed by atoms with van der Waals surface area (Å²) >= 11 is 5.63. The van der Waals surface area contributed by atoms with Crippen molar-refractivity contribution >= 4 is 74.4 Å². The summed E-state index contributed by atoms with van der Waals surface area (Å²) in [5, 5.41) is 7.73. The molecule has 0 radical (unpaired) electrons. The number of aryl methyl sites for hydroxylation is 1. The third kappa shape index (κ3) is 1.46. The molecule has 0 saturated heterocycles. The van der Waals surface area contributed by atoms with E-state index in [1.54, 1.807) is 0 Å². The van der Waals surface area contributed by atoms with E-state index in [0.29, 0.717) is 0 Å². The summed E-state index contributed by atoms with van der Waals surface area (Å²) in [5.74, 6) is 0. The van der Waals surface area contributed by atoms with Crippen molar-refractivity contribution in [2.45, 2.75) is 6.92 Å². The van der Waals surface area contributed by atoms with Crippen LogP contribution in [0.4, 0.5) is 0 Å². The molecule has 96 valence electrons. The van der Waals surface area contributed by atoms with Gasteiger partial charge in [-0.25, -0.2) is 0 Å². The van der Waals surface area contributed by atoms with E-state index < -0.39 is 0 Å². The van der Waals surface area contributed by atoms with E-state index in [4.69, 9.17) is 0 Å². The first kappa shape index (κ1) is 11.3. The topological polar surface area (TPSA) is 0 Å². The molecule has 0 aliphatic carbocycles. The molecule has 0 fully saturated rings. The smallest absolute Gasteiger partial charge is 0.0369 e. The molecule has 0 N–H and O–H groups in total. The van der Waals surface area contributed by atoms with Crippen molar-refractivity contribution in [1.82, 2.24) is 0 Å². The molecule has 0 atom stereocenters. The molecule has 3 aromatic heterocycles. The summed E-state index contributed by atoms with van der Waals surface area (Å²) < 4.78 is 5.61. The first-order chi connectivity index (χ1) is 9.78. The Morgan fingerprint density at radius 2 is 1.45 bits per heavy atom. The van der Waals surface area contributed by atoms with Crippen LogP contribution in [0, 0.1) is 6.92 Å². The number of thiophene rings is 3. The van der Waals surface area contributed by atoms with Crippen LogP contribution < -0.4 is 0 Å². The van der Waals surface area contributed by atoms with Gasteiger partial charge >= 0.3 is 0 Å². The molecule has 0 nitrogen and oxygen atoms in total. The van der Waals surface area contributed by atoms with Crippen LogP contribution in [0.3, 0.4) is 0 Å². The maximum atomic E-state index is 2.37. The fourth-order valence-corrected chi connectivity index (χ4v) is 5.95. The molecule has 20 heavy (non-hydrogen) atoms. The maximum Gasteiger partial charge on any atom is 0.0369 e. The first-order valence-corrected chi connectivity index (χ1v) is 9.03. The van der Waals surface area contributed by atoms with E-state index in [2.05, 4.69) is 48.7 Å². The fraction of sp³-hybridized carbons (Fsp3) is 0.0588. The Morgan fingerprint density at radius 1 is 0.700 bits per heavy atom. The van der Waals surface area contributed by atoms with Gasteiger partial charge in [-0.1, -0.05) is 0 Å². The largest absolute Gasteiger partial charge is 0.144 e. The van der Waals surface area contributed by atoms with Crippen molar-refractivity contribution in [2.75, 3.05) is 0 Å². The second kappa shape index (κ2) is 3.82. The summed E-state index contributed by atoms with van der Waals surface area (Å²) in [6.45, 7) is 2.19. The Labute approximate surface area is 127 Å². The van der Waals surface area contributed by atoms with Crippen molar-refractivity contribution in [1.29, 1.82) is 0 Å². The van der Waals surface area contributed by atoms with Gasteiger partial charge in [-0.3, -0.25) is 0 Å². The van der Waals surface area contributed by atoms with Crippen LogP contribution in [0.25, 0.3) is 40.3 Å². The van der Waals surface area contributed by atoms with Gasteiger partial charge in [0.15, 0.2) is 0 Å². The SMILES string of the molecule is Cc1cc2cc3c(cc2s1)sc1cc2sccc2cc13. The van der Waals surface area contributed by atoms with Crippen LogP contribution >= 0.6 is 34.0 Å². The lowest BCUT2D eigenvalue weighted by Crippen LogP contribution is -1.67. The summed E-state index contributed by atoms with van der Waals surface area (Å²) in [4.78, 5) is 1.39. The molecular weight excluding hydrogens is 300 g/mol. The Hall–Kier alpha value is -1.42. The lowest BCUT2D eigenvalue weighted by molar-refractivity contribution is 1.66. The van der Waals surface area contributed by atoms with Crippen molar-refractivity contribution < 1.29 is 0 Å². The molecule has 0 amide bonds. The molecule has 0 aliphatic heterocycles. The molecule has 3 heteroatoms. The number of hydrogen-bond acceptors (Lipinski definition) is 3. The summed E-state index contributed by atoms with van der Waals surface area (Å²) in [5.41, 5.74) is 0. The summed E-state index contributed by atoms with van der Waals surface area (Å²) in [6, 6.07) is 13.9. The average Bonchev–Trinajstić information content (AvgIpc) is 3.08. The first-order valence-electron chi connectivity index (χ1n) is 6.52. The fourth-order valence-electron chi connectivity index (χ4n) is 2.90. The number of rotatable bonds is 0. The van der Waals surface area contributed by atoms with Crippen LogP contribution in [0.1, 0.15) is 4.88 Å². The van der Waals surface area contributed by atoms with Crippen LogP contribution in [-0.4, -0.2) is 0 Å². The van der Waals surface area contributed by atoms with Gasteiger partial charge in [-0.2, -0.15) is 0 Å². The van der Waals surface area contributed by atoms with Gasteiger partial charge < -0.3 is 0 Å². The van der Waals surface area contributed by atoms with Gasteiger partial charge in [0.1, 0.15) is 0 Å². The minimum atomic E-state index is 1.36. The quantitative estimate of drug-likeness (QED) is 0.295. The highest BCUT2D eigenvalue weighted by atomic mass is 32.1. The van der Waals surface area contributed by atoms with E-state index >= 15 is 0 Å². The van der Waals surface area contributed by atoms with Gasteiger partial charge in [0.05, 0.1) is 0 Å². The second-order valence-electron chi connectivity index (χ2n) is 5.15. The van der Waals surface area contributed by atoms with E-state index in [-0.39, 0.29) is 0 Å². The lowest BCUT2D eigenvalue weighted by atomic mass is 10.1. The molecular formula is C17H10S3. The molecule has 5 rings (SSSR count). The molecule has 0 aliphatic rings. The predicted molar refractivity (Wildman–Crippen MR) is 94.8 cm³/mol. The molecule has 3 heterocycles. The van der Waals surface area contributed by atoms with Gasteiger partial charge in [-0.15, -0.1) is 34.0 Å². The van der Waals surface area contributed by atoms with Crippen molar-refractivity contribution in [3.63, 3.8) is 0 Å². The Bertz CT molecular complexity index is 1110. The molecule has 0 saturated carbocycles. The zero-order valence-electron chi connectivity index (χ0n) is 10.8.